The highest BCUT2D eigenvalue weighted by atomic mass is 32.2. The number of nitrogens with one attached hydrogen (secondary N) is 2. The zero-order valence-electron chi connectivity index (χ0n) is 15.6. The molecule has 2 heterocycles. The maximum atomic E-state index is 13.3. The first-order chi connectivity index (χ1) is 13.6. The van der Waals surface area contributed by atoms with Gasteiger partial charge in [0, 0.05) is 37.6 Å². The van der Waals surface area contributed by atoms with Gasteiger partial charge in [0.2, 0.25) is 0 Å². The van der Waals surface area contributed by atoms with Gasteiger partial charge in [-0.25, -0.2) is 22.2 Å². The Morgan fingerprint density at radius 1 is 1.17 bits per heavy atom. The first-order valence-corrected chi connectivity index (χ1v) is 9.94. The summed E-state index contributed by atoms with van der Waals surface area (Å²) < 4.78 is 54.7. The Labute approximate surface area is 166 Å². The molecule has 1 atom stereocenters. The van der Waals surface area contributed by atoms with Crippen molar-refractivity contribution in [3.05, 3.63) is 66.1 Å². The molecule has 1 aromatic carbocycles. The highest BCUT2D eigenvalue weighted by molar-refractivity contribution is 7.92. The maximum Gasteiger partial charge on any atom is 0.263 e. The molecule has 0 spiro atoms. The van der Waals surface area contributed by atoms with Crippen molar-refractivity contribution in [3.8, 4) is 0 Å². The van der Waals surface area contributed by atoms with E-state index in [2.05, 4.69) is 20.1 Å². The summed E-state index contributed by atoms with van der Waals surface area (Å²) in [5, 5.41) is 17.5. The molecular formula is C18H19F2N5O3S. The molecule has 154 valence electrons. The Kier molecular flexibility index (Phi) is 5.53. The van der Waals surface area contributed by atoms with E-state index in [4.69, 9.17) is 0 Å². The molecule has 0 amide bonds. The summed E-state index contributed by atoms with van der Waals surface area (Å²) in [5.74, 6) is -1.89. The van der Waals surface area contributed by atoms with E-state index < -0.39 is 27.3 Å². The minimum absolute atomic E-state index is 0.112. The van der Waals surface area contributed by atoms with Gasteiger partial charge in [0.1, 0.15) is 16.3 Å². The molecule has 3 N–H and O–H groups in total. The third kappa shape index (κ3) is 4.87. The van der Waals surface area contributed by atoms with E-state index in [0.29, 0.717) is 11.4 Å². The highest BCUT2D eigenvalue weighted by Crippen LogP contribution is 2.22. The van der Waals surface area contributed by atoms with Crippen LogP contribution in [0.3, 0.4) is 0 Å². The van der Waals surface area contributed by atoms with E-state index in [0.717, 1.165) is 24.4 Å². The van der Waals surface area contributed by atoms with Gasteiger partial charge in [-0.3, -0.25) is 9.40 Å². The summed E-state index contributed by atoms with van der Waals surface area (Å²) >= 11 is 0. The van der Waals surface area contributed by atoms with E-state index in [9.17, 15) is 22.3 Å². The van der Waals surface area contributed by atoms with Gasteiger partial charge in [-0.05, 0) is 31.2 Å². The van der Waals surface area contributed by atoms with Crippen LogP contribution in [0.5, 0.6) is 0 Å². The van der Waals surface area contributed by atoms with Gasteiger partial charge < -0.3 is 10.4 Å². The molecule has 0 bridgehead atoms. The fourth-order valence-corrected chi connectivity index (χ4v) is 3.48. The van der Waals surface area contributed by atoms with E-state index in [1.165, 1.54) is 12.1 Å². The molecule has 0 aliphatic rings. The number of sulfonamides is 1. The van der Waals surface area contributed by atoms with Crippen LogP contribution in [-0.4, -0.2) is 34.8 Å². The molecule has 2 aromatic heterocycles. The Balaban J connectivity index is 1.68. The lowest BCUT2D eigenvalue weighted by atomic mass is 10.00. The summed E-state index contributed by atoms with van der Waals surface area (Å²) in [6.07, 6.45) is 4.35. The minimum Gasteiger partial charge on any atom is -0.383 e. The number of anilines is 2. The molecule has 0 fully saturated rings. The van der Waals surface area contributed by atoms with Crippen LogP contribution in [0.15, 0.2) is 53.8 Å². The summed E-state index contributed by atoms with van der Waals surface area (Å²) in [5.41, 5.74) is -0.712. The van der Waals surface area contributed by atoms with Crippen molar-refractivity contribution >= 4 is 21.5 Å². The second kappa shape index (κ2) is 7.76. The average molecular weight is 423 g/mol. The van der Waals surface area contributed by atoms with Crippen molar-refractivity contribution in [1.82, 2.24) is 14.8 Å². The number of nitrogens with zero attached hydrogens (tertiary/aromatic N) is 3. The lowest BCUT2D eigenvalue weighted by molar-refractivity contribution is 0.0713. The Morgan fingerprint density at radius 2 is 1.93 bits per heavy atom. The van der Waals surface area contributed by atoms with Crippen molar-refractivity contribution in [2.24, 2.45) is 7.05 Å². The summed E-state index contributed by atoms with van der Waals surface area (Å²) in [7, 11) is -2.29. The maximum absolute atomic E-state index is 13.3. The summed E-state index contributed by atoms with van der Waals surface area (Å²) in [6.45, 7) is 1.73. The Bertz CT molecular complexity index is 1110. The number of aryl methyl sites for hydroxylation is 1. The number of pyridine rings is 1. The van der Waals surface area contributed by atoms with Crippen LogP contribution in [0.25, 0.3) is 0 Å². The second-order valence-electron chi connectivity index (χ2n) is 6.64. The van der Waals surface area contributed by atoms with Crippen molar-refractivity contribution in [2.45, 2.75) is 17.4 Å². The number of benzene rings is 1. The van der Waals surface area contributed by atoms with Crippen LogP contribution in [0.2, 0.25) is 0 Å². The molecule has 8 nitrogen and oxygen atoms in total. The van der Waals surface area contributed by atoms with Crippen molar-refractivity contribution in [3.63, 3.8) is 0 Å². The lowest BCUT2D eigenvalue weighted by Gasteiger charge is -2.22. The average Bonchev–Trinajstić information content (AvgIpc) is 3.11. The largest absolute Gasteiger partial charge is 0.383 e. The second-order valence-corrected chi connectivity index (χ2v) is 8.33. The van der Waals surface area contributed by atoms with Crippen LogP contribution < -0.4 is 10.0 Å². The lowest BCUT2D eigenvalue weighted by Crippen LogP contribution is -2.30. The molecule has 1 unspecified atom stereocenters. The predicted octanol–water partition coefficient (Wildman–Crippen LogP) is 2.21. The van der Waals surface area contributed by atoms with E-state index in [1.54, 1.807) is 31.0 Å². The number of aromatic nitrogens is 3. The first-order valence-electron chi connectivity index (χ1n) is 8.46. The molecule has 3 rings (SSSR count). The van der Waals surface area contributed by atoms with Gasteiger partial charge in [-0.1, -0.05) is 0 Å². The van der Waals surface area contributed by atoms with E-state index in [1.807, 2.05) is 0 Å². The van der Waals surface area contributed by atoms with Crippen molar-refractivity contribution < 1.29 is 22.3 Å². The first kappa shape index (κ1) is 20.7. The number of hydrogen-bond donors (Lipinski definition) is 3. The third-order valence-electron chi connectivity index (χ3n) is 4.16. The number of hydrogen-bond acceptors (Lipinski definition) is 6. The van der Waals surface area contributed by atoms with Crippen LogP contribution in [-0.2, 0) is 22.7 Å². The highest BCUT2D eigenvalue weighted by Gasteiger charge is 2.25. The molecule has 0 aliphatic carbocycles. The normalized spacial score (nSPS) is 13.7. The van der Waals surface area contributed by atoms with Gasteiger partial charge in [0.25, 0.3) is 10.0 Å². The zero-order valence-corrected chi connectivity index (χ0v) is 16.4. The van der Waals surface area contributed by atoms with Crippen LogP contribution in [0.4, 0.5) is 20.3 Å². The molecule has 0 aliphatic heterocycles. The van der Waals surface area contributed by atoms with Gasteiger partial charge in [0.05, 0.1) is 11.9 Å². The molecule has 0 saturated heterocycles. The fourth-order valence-electron chi connectivity index (χ4n) is 2.48. The number of aliphatic hydroxyl groups is 1. The molecule has 0 saturated carbocycles. The van der Waals surface area contributed by atoms with E-state index >= 15 is 0 Å². The minimum atomic E-state index is -4.03. The van der Waals surface area contributed by atoms with Crippen molar-refractivity contribution in [2.75, 3.05) is 16.6 Å². The van der Waals surface area contributed by atoms with Gasteiger partial charge in [0.15, 0.2) is 11.6 Å². The SMILES string of the molecule is Cn1cc(C(C)(O)CNc2ccc(S(=O)(=O)Nc3ccc(F)c(F)c3)cn2)cn1. The van der Waals surface area contributed by atoms with Crippen LogP contribution in [0.1, 0.15) is 12.5 Å². The zero-order chi connectivity index (χ0) is 21.2. The quantitative estimate of drug-likeness (QED) is 0.538. The predicted molar refractivity (Wildman–Crippen MR) is 103 cm³/mol. The monoisotopic (exact) mass is 423 g/mol. The third-order valence-corrected chi connectivity index (χ3v) is 5.53. The van der Waals surface area contributed by atoms with Gasteiger partial charge in [-0.15, -0.1) is 0 Å². The molecule has 29 heavy (non-hydrogen) atoms. The Hall–Kier alpha value is -3.05. The molecule has 0 radical (unpaired) electrons. The molecule has 11 heteroatoms. The smallest absolute Gasteiger partial charge is 0.263 e. The molecule has 3 aromatic rings. The number of rotatable bonds is 7. The van der Waals surface area contributed by atoms with Crippen molar-refractivity contribution in [1.29, 1.82) is 0 Å². The Morgan fingerprint density at radius 3 is 2.52 bits per heavy atom. The summed E-state index contributed by atoms with van der Waals surface area (Å²) in [4.78, 5) is 3.86. The topological polar surface area (TPSA) is 109 Å². The molecular weight excluding hydrogens is 404 g/mol. The standard InChI is InChI=1S/C18H19F2N5O3S/c1-18(26,12-8-23-25(2)10-12)11-22-17-6-4-14(9-21-17)29(27,28)24-13-3-5-15(19)16(20)7-13/h3-10,24,26H,11H2,1-2H3,(H,21,22). The fraction of sp³-hybridized carbons (Fsp3) is 0.222. The van der Waals surface area contributed by atoms with Crippen LogP contribution >= 0.6 is 0 Å². The van der Waals surface area contributed by atoms with Gasteiger partial charge >= 0.3 is 0 Å². The van der Waals surface area contributed by atoms with E-state index in [-0.39, 0.29) is 17.1 Å². The summed E-state index contributed by atoms with van der Waals surface area (Å²) in [6, 6.07) is 5.42. The van der Waals surface area contributed by atoms with Gasteiger partial charge in [-0.2, -0.15) is 5.10 Å². The van der Waals surface area contributed by atoms with Crippen LogP contribution in [0, 0.1) is 11.6 Å². The number of halogens is 2.